The van der Waals surface area contributed by atoms with Crippen molar-refractivity contribution in [3.63, 3.8) is 0 Å². The number of ether oxygens (including phenoxy) is 4. The third-order valence-corrected chi connectivity index (χ3v) is 17.0. The first-order valence-corrected chi connectivity index (χ1v) is 34.0. The van der Waals surface area contributed by atoms with Crippen LogP contribution in [-0.2, 0) is 22.7 Å². The first-order valence-electron chi connectivity index (χ1n) is 34.0. The number of hydrogen-bond acceptors (Lipinski definition) is 6. The van der Waals surface area contributed by atoms with Gasteiger partial charge in [0.15, 0.2) is 11.5 Å². The van der Waals surface area contributed by atoms with Crippen LogP contribution in [0.5, 0.6) is 23.0 Å². The van der Waals surface area contributed by atoms with Crippen LogP contribution in [0.2, 0.25) is 0 Å². The van der Waals surface area contributed by atoms with Crippen molar-refractivity contribution in [2.24, 2.45) is 0 Å². The molecule has 0 N–H and O–H groups in total. The van der Waals surface area contributed by atoms with Crippen molar-refractivity contribution in [2.45, 2.75) is 310 Å². The number of hydrogen-bond donors (Lipinski definition) is 0. The second-order valence-electron chi connectivity index (χ2n) is 24.1. The Labute approximate surface area is 490 Å². The minimum atomic E-state index is -0.783. The molecule has 3 heterocycles. The molecule has 8 heteroatoms. The highest BCUT2D eigenvalue weighted by molar-refractivity contribution is 6.01. The van der Waals surface area contributed by atoms with E-state index < -0.39 is 12.1 Å². The summed E-state index contributed by atoms with van der Waals surface area (Å²) in [4.78, 5) is 33.8. The summed E-state index contributed by atoms with van der Waals surface area (Å²) in [5, 5.41) is 0. The largest absolute Gasteiger partial charge is 0.494 e. The topological polar surface area (TPSA) is 77.5 Å². The smallest absolute Gasteiger partial charge is 0.251 e. The summed E-state index contributed by atoms with van der Waals surface area (Å²) in [7, 11) is 0. The summed E-state index contributed by atoms with van der Waals surface area (Å²) in [6.45, 7) is 12.4. The molecule has 0 saturated carbocycles. The zero-order chi connectivity index (χ0) is 56.5. The van der Waals surface area contributed by atoms with Gasteiger partial charge in [0, 0.05) is 13.1 Å². The van der Waals surface area contributed by atoms with Crippen LogP contribution in [0.3, 0.4) is 0 Å². The average Bonchev–Trinajstić information content (AvgIpc) is 3.63. The van der Waals surface area contributed by atoms with Gasteiger partial charge >= 0.3 is 0 Å². The van der Waals surface area contributed by atoms with Crippen LogP contribution in [0.25, 0.3) is 0 Å². The Hall–Kier alpha value is -4.20. The lowest BCUT2D eigenvalue weighted by Crippen LogP contribution is -2.60. The number of benzene rings is 3. The van der Waals surface area contributed by atoms with Gasteiger partial charge < -0.3 is 28.7 Å². The molecule has 6 rings (SSSR count). The first kappa shape index (κ1) is 66.6. The van der Waals surface area contributed by atoms with E-state index in [4.69, 9.17) is 18.9 Å². The summed E-state index contributed by atoms with van der Waals surface area (Å²) in [6, 6.07) is 18.8. The fraction of sp³-hybridized carbons (Fsp3) is 0.722. The molecule has 0 radical (unpaired) electrons. The fourth-order valence-electron chi connectivity index (χ4n) is 11.9. The van der Waals surface area contributed by atoms with Gasteiger partial charge in [-0.2, -0.15) is 0 Å². The van der Waals surface area contributed by atoms with E-state index in [2.05, 4.69) is 64.1 Å². The monoisotopic (exact) mass is 1100 g/mol. The standard InChI is InChI=1S/C72H116N2O6/c1-5-9-13-17-21-25-29-33-37-41-53-77-63-49-45-61(46-50-63)59-73-69-65-57-67(79-55-43-39-35-31-27-23-19-15-11-7-3)68(80-56-44-40-36-32-28-24-20-16-12-8-4)58-66(65)70(71(73)75)74(72(69)76)60-62-47-51-64(52-48-62)78-54-42-38-34-30-26-22-18-14-10-6-2/h45-52,57-58,69-70H,5-44,53-56,59-60H2,1-4H3. The molecule has 450 valence electrons. The van der Waals surface area contributed by atoms with Gasteiger partial charge in [0.05, 0.1) is 26.4 Å². The Bertz CT molecular complexity index is 1890. The molecule has 3 aromatic rings. The molecule has 3 aromatic carbocycles. The third kappa shape index (κ3) is 25.5. The van der Waals surface area contributed by atoms with E-state index in [1.807, 2.05) is 34.1 Å². The summed E-state index contributed by atoms with van der Waals surface area (Å²) >= 11 is 0. The van der Waals surface area contributed by atoms with Crippen LogP contribution in [0.1, 0.15) is 319 Å². The number of amides is 2. The quantitative estimate of drug-likeness (QED) is 0.0524. The molecule has 2 amide bonds. The maximum atomic E-state index is 15.1. The Morgan fingerprint density at radius 1 is 0.300 bits per heavy atom. The summed E-state index contributed by atoms with van der Waals surface area (Å²) in [6.07, 6.45) is 51.1. The number of unbranched alkanes of at least 4 members (excludes halogenated alkanes) is 36. The van der Waals surface area contributed by atoms with Gasteiger partial charge in [-0.3, -0.25) is 9.59 Å². The molecule has 0 spiro atoms. The maximum Gasteiger partial charge on any atom is 0.251 e. The Morgan fingerprint density at radius 3 is 0.775 bits per heavy atom. The molecule has 80 heavy (non-hydrogen) atoms. The lowest BCUT2D eigenvalue weighted by atomic mass is 9.81. The molecule has 0 aliphatic carbocycles. The predicted octanol–water partition coefficient (Wildman–Crippen LogP) is 21.1. The summed E-state index contributed by atoms with van der Waals surface area (Å²) in [5.41, 5.74) is 3.65. The first-order chi connectivity index (χ1) is 39.5. The zero-order valence-corrected chi connectivity index (χ0v) is 51.8. The molecule has 3 aliphatic rings. The van der Waals surface area contributed by atoms with E-state index in [0.29, 0.717) is 51.0 Å². The number of fused-ring (bicyclic) bond motifs is 2. The Kier molecular flexibility index (Phi) is 35.5. The van der Waals surface area contributed by atoms with Crippen LogP contribution in [0.15, 0.2) is 60.7 Å². The number of carbonyl (C=O) groups is 2. The Balaban J connectivity index is 1.26. The van der Waals surface area contributed by atoms with Gasteiger partial charge in [0.2, 0.25) is 0 Å². The minimum Gasteiger partial charge on any atom is -0.494 e. The van der Waals surface area contributed by atoms with Crippen molar-refractivity contribution < 1.29 is 28.5 Å². The summed E-state index contributed by atoms with van der Waals surface area (Å²) in [5.74, 6) is 2.94. The molecule has 1 saturated heterocycles. The second kappa shape index (κ2) is 42.6. The molecule has 1 fully saturated rings. The van der Waals surface area contributed by atoms with E-state index in [9.17, 15) is 0 Å². The average molecular weight is 1110 g/mol. The van der Waals surface area contributed by atoms with Crippen molar-refractivity contribution in [1.82, 2.24) is 9.80 Å². The minimum absolute atomic E-state index is 0.0560. The van der Waals surface area contributed by atoms with Crippen molar-refractivity contribution in [3.05, 3.63) is 82.9 Å². The van der Waals surface area contributed by atoms with Gasteiger partial charge in [0.1, 0.15) is 23.6 Å². The van der Waals surface area contributed by atoms with Crippen LogP contribution in [-0.4, -0.2) is 48.0 Å². The third-order valence-electron chi connectivity index (χ3n) is 17.0. The Morgan fingerprint density at radius 2 is 0.525 bits per heavy atom. The molecule has 0 aromatic heterocycles. The zero-order valence-electron chi connectivity index (χ0n) is 51.8. The lowest BCUT2D eigenvalue weighted by Gasteiger charge is -2.51. The second-order valence-corrected chi connectivity index (χ2v) is 24.1. The normalized spacial score (nSPS) is 14.8. The van der Waals surface area contributed by atoms with E-state index >= 15 is 9.59 Å². The highest BCUT2D eigenvalue weighted by Gasteiger charge is 2.54. The van der Waals surface area contributed by atoms with Crippen molar-refractivity contribution in [3.8, 4) is 23.0 Å². The van der Waals surface area contributed by atoms with Crippen LogP contribution in [0, 0.1) is 0 Å². The van der Waals surface area contributed by atoms with Gasteiger partial charge in [-0.15, -0.1) is 0 Å². The predicted molar refractivity (Wildman–Crippen MR) is 335 cm³/mol. The number of rotatable bonds is 52. The van der Waals surface area contributed by atoms with Gasteiger partial charge in [0.25, 0.3) is 11.8 Å². The maximum absolute atomic E-state index is 15.1. The molecule has 2 unspecified atom stereocenters. The van der Waals surface area contributed by atoms with Crippen LogP contribution < -0.4 is 18.9 Å². The molecule has 2 bridgehead atoms. The SMILES string of the molecule is CCCCCCCCCCCCOc1ccc(CN2C(=O)C3c4cc(OCCCCCCCCCCCC)c(OCCCCCCCCCCCC)cc4C2C(=O)N3Cc2ccc(OCCCCCCCCCCCC)cc2)cc1. The number of nitrogens with zero attached hydrogens (tertiary/aromatic N) is 2. The number of carbonyl (C=O) groups excluding carboxylic acids is 2. The van der Waals surface area contributed by atoms with Crippen LogP contribution >= 0.6 is 0 Å². The van der Waals surface area contributed by atoms with Crippen molar-refractivity contribution >= 4 is 11.8 Å². The number of piperazine rings is 1. The molecule has 3 aliphatic heterocycles. The van der Waals surface area contributed by atoms with Crippen molar-refractivity contribution in [1.29, 1.82) is 0 Å². The van der Waals surface area contributed by atoms with E-state index in [1.165, 1.54) is 218 Å². The van der Waals surface area contributed by atoms with Gasteiger partial charge in [-0.25, -0.2) is 0 Å². The fourth-order valence-corrected chi connectivity index (χ4v) is 11.9. The van der Waals surface area contributed by atoms with E-state index in [0.717, 1.165) is 72.3 Å². The molecular weight excluding hydrogens is 989 g/mol. The highest BCUT2D eigenvalue weighted by Crippen LogP contribution is 2.50. The van der Waals surface area contributed by atoms with Gasteiger partial charge in [-0.1, -0.05) is 283 Å². The van der Waals surface area contributed by atoms with Gasteiger partial charge in [-0.05, 0) is 84.3 Å². The van der Waals surface area contributed by atoms with E-state index in [-0.39, 0.29) is 11.8 Å². The molecule has 2 atom stereocenters. The molecular formula is C72H116N2O6. The van der Waals surface area contributed by atoms with Crippen molar-refractivity contribution in [2.75, 3.05) is 26.4 Å². The lowest BCUT2D eigenvalue weighted by molar-refractivity contribution is -0.167. The highest BCUT2D eigenvalue weighted by atomic mass is 16.5. The summed E-state index contributed by atoms with van der Waals surface area (Å²) < 4.78 is 25.7. The van der Waals surface area contributed by atoms with E-state index in [1.54, 1.807) is 0 Å². The van der Waals surface area contributed by atoms with Crippen LogP contribution in [0.4, 0.5) is 0 Å². The molecule has 8 nitrogen and oxygen atoms in total.